The molecular formula is C13H14N4O2. The lowest BCUT2D eigenvalue weighted by atomic mass is 10.1. The molecule has 1 aliphatic carbocycles. The fraction of sp³-hybridized carbons (Fsp3) is 0.308. The number of fused-ring (bicyclic) bond motifs is 1. The highest BCUT2D eigenvalue weighted by Crippen LogP contribution is 2.35. The number of hydrogen-bond acceptors (Lipinski definition) is 3. The molecule has 1 aromatic carbocycles. The van der Waals surface area contributed by atoms with Gasteiger partial charge < -0.3 is 4.90 Å². The number of benzene rings is 1. The molecule has 2 N–H and O–H groups in total. The van der Waals surface area contributed by atoms with Crippen LogP contribution in [-0.4, -0.2) is 33.0 Å². The van der Waals surface area contributed by atoms with E-state index in [-0.39, 0.29) is 17.8 Å². The minimum atomic E-state index is -0.469. The summed E-state index contributed by atoms with van der Waals surface area (Å²) in [6.07, 6.45) is 1.87. The first-order valence-corrected chi connectivity index (χ1v) is 6.16. The van der Waals surface area contributed by atoms with Crippen LogP contribution in [0.1, 0.15) is 34.2 Å². The van der Waals surface area contributed by atoms with Crippen LogP contribution in [0.4, 0.5) is 0 Å². The van der Waals surface area contributed by atoms with Gasteiger partial charge in [0.05, 0.1) is 6.04 Å². The third-order valence-corrected chi connectivity index (χ3v) is 3.59. The van der Waals surface area contributed by atoms with Gasteiger partial charge in [-0.15, -0.1) is 5.10 Å². The molecule has 0 saturated carbocycles. The SMILES string of the molecule is CN(C(=O)c1n[nH]c(=O)[nH]1)C1CCc2ccccc21. The Kier molecular flexibility index (Phi) is 2.70. The quantitative estimate of drug-likeness (QED) is 0.838. The Morgan fingerprint density at radius 1 is 1.42 bits per heavy atom. The average molecular weight is 258 g/mol. The summed E-state index contributed by atoms with van der Waals surface area (Å²) in [5, 5.41) is 5.89. The van der Waals surface area contributed by atoms with Gasteiger partial charge in [-0.2, -0.15) is 0 Å². The molecule has 2 aromatic rings. The number of carbonyl (C=O) groups excluding carboxylic acids is 1. The molecule has 98 valence electrons. The second-order valence-electron chi connectivity index (χ2n) is 4.70. The second kappa shape index (κ2) is 4.38. The summed E-state index contributed by atoms with van der Waals surface area (Å²) in [6, 6.07) is 8.16. The molecule has 1 amide bonds. The van der Waals surface area contributed by atoms with E-state index in [4.69, 9.17) is 0 Å². The van der Waals surface area contributed by atoms with E-state index >= 15 is 0 Å². The molecule has 19 heavy (non-hydrogen) atoms. The maximum atomic E-state index is 12.2. The van der Waals surface area contributed by atoms with Crippen LogP contribution in [0, 0.1) is 0 Å². The molecule has 0 spiro atoms. The zero-order chi connectivity index (χ0) is 13.4. The first kappa shape index (κ1) is 11.7. The Bertz CT molecular complexity index is 673. The Morgan fingerprint density at radius 3 is 2.95 bits per heavy atom. The molecule has 0 radical (unpaired) electrons. The molecule has 1 atom stereocenters. The molecule has 6 heteroatoms. The Hall–Kier alpha value is -2.37. The number of nitrogens with zero attached hydrogens (tertiary/aromatic N) is 2. The van der Waals surface area contributed by atoms with Gasteiger partial charge in [-0.25, -0.2) is 9.89 Å². The first-order chi connectivity index (χ1) is 9.16. The third-order valence-electron chi connectivity index (χ3n) is 3.59. The van der Waals surface area contributed by atoms with E-state index in [2.05, 4.69) is 21.2 Å². The van der Waals surface area contributed by atoms with Crippen molar-refractivity contribution >= 4 is 5.91 Å². The normalized spacial score (nSPS) is 17.2. The molecule has 1 aliphatic rings. The molecule has 1 aromatic heterocycles. The minimum Gasteiger partial charge on any atom is -0.332 e. The number of aryl methyl sites for hydroxylation is 1. The maximum Gasteiger partial charge on any atom is 0.341 e. The number of carbonyl (C=O) groups is 1. The summed E-state index contributed by atoms with van der Waals surface area (Å²) in [5.41, 5.74) is 1.99. The molecule has 1 heterocycles. The molecule has 1 unspecified atom stereocenters. The van der Waals surface area contributed by atoms with Crippen LogP contribution in [0.2, 0.25) is 0 Å². The van der Waals surface area contributed by atoms with E-state index in [0.717, 1.165) is 12.8 Å². The fourth-order valence-electron chi connectivity index (χ4n) is 2.62. The largest absolute Gasteiger partial charge is 0.341 e. The van der Waals surface area contributed by atoms with Crippen LogP contribution in [0.15, 0.2) is 29.1 Å². The highest BCUT2D eigenvalue weighted by molar-refractivity contribution is 5.90. The third kappa shape index (κ3) is 1.95. The van der Waals surface area contributed by atoms with Gasteiger partial charge in [0.15, 0.2) is 0 Å². The van der Waals surface area contributed by atoms with Gasteiger partial charge in [0.1, 0.15) is 0 Å². The van der Waals surface area contributed by atoms with Crippen molar-refractivity contribution in [1.82, 2.24) is 20.1 Å². The number of rotatable bonds is 2. The summed E-state index contributed by atoms with van der Waals surface area (Å²) in [7, 11) is 1.74. The summed E-state index contributed by atoms with van der Waals surface area (Å²) in [5.74, 6) is -0.225. The Labute approximate surface area is 109 Å². The molecule has 3 rings (SSSR count). The zero-order valence-electron chi connectivity index (χ0n) is 10.5. The van der Waals surface area contributed by atoms with Crippen molar-refractivity contribution in [2.75, 3.05) is 7.05 Å². The standard InChI is InChI=1S/C13H14N4O2/c1-17(12(18)11-14-13(19)16-15-11)10-7-6-8-4-2-3-5-9(8)10/h2-5,10H,6-7H2,1H3,(H2,14,15,16,19). The number of amides is 1. The van der Waals surface area contributed by atoms with Gasteiger partial charge in [-0.3, -0.25) is 9.78 Å². The minimum absolute atomic E-state index is 0.0453. The van der Waals surface area contributed by atoms with Gasteiger partial charge in [0, 0.05) is 7.05 Å². The van der Waals surface area contributed by atoms with E-state index in [1.54, 1.807) is 11.9 Å². The van der Waals surface area contributed by atoms with Crippen LogP contribution in [0.3, 0.4) is 0 Å². The number of aromatic nitrogens is 3. The molecule has 0 bridgehead atoms. The Morgan fingerprint density at radius 2 is 2.21 bits per heavy atom. The Balaban J connectivity index is 1.88. The number of aromatic amines is 2. The summed E-state index contributed by atoms with van der Waals surface area (Å²) in [6.45, 7) is 0. The predicted octanol–water partition coefficient (Wildman–Crippen LogP) is 0.858. The number of hydrogen-bond donors (Lipinski definition) is 2. The monoisotopic (exact) mass is 258 g/mol. The van der Waals surface area contributed by atoms with Gasteiger partial charge in [0.2, 0.25) is 5.82 Å². The van der Waals surface area contributed by atoms with Crippen LogP contribution >= 0.6 is 0 Å². The lowest BCUT2D eigenvalue weighted by Gasteiger charge is -2.24. The van der Waals surface area contributed by atoms with Crippen molar-refractivity contribution in [3.8, 4) is 0 Å². The van der Waals surface area contributed by atoms with Gasteiger partial charge in [-0.05, 0) is 24.0 Å². The van der Waals surface area contributed by atoms with Crippen molar-refractivity contribution in [3.63, 3.8) is 0 Å². The van der Waals surface area contributed by atoms with Crippen LogP contribution in [-0.2, 0) is 6.42 Å². The van der Waals surface area contributed by atoms with E-state index in [9.17, 15) is 9.59 Å². The topological polar surface area (TPSA) is 81.8 Å². The predicted molar refractivity (Wildman–Crippen MR) is 68.8 cm³/mol. The lowest BCUT2D eigenvalue weighted by Crippen LogP contribution is -2.31. The molecular weight excluding hydrogens is 244 g/mol. The van der Waals surface area contributed by atoms with Crippen molar-refractivity contribution < 1.29 is 4.79 Å². The number of H-pyrrole nitrogens is 2. The molecule has 0 fully saturated rings. The summed E-state index contributed by atoms with van der Waals surface area (Å²) >= 11 is 0. The highest BCUT2D eigenvalue weighted by Gasteiger charge is 2.29. The number of nitrogens with one attached hydrogen (secondary N) is 2. The van der Waals surface area contributed by atoms with E-state index < -0.39 is 5.69 Å². The van der Waals surface area contributed by atoms with E-state index in [0.29, 0.717) is 0 Å². The van der Waals surface area contributed by atoms with Gasteiger partial charge >= 0.3 is 5.69 Å². The van der Waals surface area contributed by atoms with Crippen molar-refractivity contribution in [2.24, 2.45) is 0 Å². The van der Waals surface area contributed by atoms with Crippen molar-refractivity contribution in [1.29, 1.82) is 0 Å². The average Bonchev–Trinajstić information content (AvgIpc) is 3.03. The van der Waals surface area contributed by atoms with Crippen molar-refractivity contribution in [2.45, 2.75) is 18.9 Å². The summed E-state index contributed by atoms with van der Waals surface area (Å²) < 4.78 is 0. The van der Waals surface area contributed by atoms with E-state index in [1.807, 2.05) is 18.2 Å². The lowest BCUT2D eigenvalue weighted by molar-refractivity contribution is 0.0718. The van der Waals surface area contributed by atoms with Crippen LogP contribution in [0.5, 0.6) is 0 Å². The first-order valence-electron chi connectivity index (χ1n) is 6.16. The fourth-order valence-corrected chi connectivity index (χ4v) is 2.62. The zero-order valence-corrected chi connectivity index (χ0v) is 10.5. The highest BCUT2D eigenvalue weighted by atomic mass is 16.2. The van der Waals surface area contributed by atoms with Gasteiger partial charge in [0.25, 0.3) is 5.91 Å². The van der Waals surface area contributed by atoms with Crippen molar-refractivity contribution in [3.05, 3.63) is 51.7 Å². The van der Waals surface area contributed by atoms with E-state index in [1.165, 1.54) is 11.1 Å². The molecule has 0 aliphatic heterocycles. The van der Waals surface area contributed by atoms with Crippen LogP contribution in [0.25, 0.3) is 0 Å². The smallest absolute Gasteiger partial charge is 0.332 e. The summed E-state index contributed by atoms with van der Waals surface area (Å²) in [4.78, 5) is 27.2. The van der Waals surface area contributed by atoms with Crippen LogP contribution < -0.4 is 5.69 Å². The maximum absolute atomic E-state index is 12.2. The van der Waals surface area contributed by atoms with Gasteiger partial charge in [-0.1, -0.05) is 24.3 Å². The second-order valence-corrected chi connectivity index (χ2v) is 4.70. The molecule has 0 saturated heterocycles. The molecule has 6 nitrogen and oxygen atoms in total.